The average molecular weight is 520 g/mol. The van der Waals surface area contributed by atoms with E-state index in [4.69, 9.17) is 4.74 Å². The van der Waals surface area contributed by atoms with Gasteiger partial charge in [-0.15, -0.1) is 0 Å². The number of carbonyl (C=O) groups is 5. The summed E-state index contributed by atoms with van der Waals surface area (Å²) in [6.45, 7) is 16.3. The van der Waals surface area contributed by atoms with Crippen LogP contribution in [0.4, 0.5) is 0 Å². The van der Waals surface area contributed by atoms with E-state index in [0.29, 0.717) is 39.3 Å². The maximum Gasteiger partial charge on any atom is 0.253 e. The topological polar surface area (TPSA) is 113 Å². The molecule has 0 unspecified atom stereocenters. The summed E-state index contributed by atoms with van der Waals surface area (Å²) in [6, 6.07) is 0. The summed E-state index contributed by atoms with van der Waals surface area (Å²) in [6.07, 6.45) is 4.26. The fourth-order valence-corrected chi connectivity index (χ4v) is 4.52. The normalized spacial score (nSPS) is 17.5. The molecular weight excluding hydrogens is 474 g/mol. The summed E-state index contributed by atoms with van der Waals surface area (Å²) in [5, 5.41) is 2.85. The molecule has 0 saturated carbocycles. The lowest BCUT2D eigenvalue weighted by atomic mass is 9.79. The fraction of sp³-hybridized carbons (Fsp3) is 0.750. The molecule has 9 heteroatoms. The Bertz CT molecular complexity index is 889. The van der Waals surface area contributed by atoms with Gasteiger partial charge >= 0.3 is 0 Å². The molecule has 37 heavy (non-hydrogen) atoms. The molecule has 0 aromatic rings. The van der Waals surface area contributed by atoms with Crippen LogP contribution in [0.3, 0.4) is 0 Å². The van der Waals surface area contributed by atoms with Crippen LogP contribution in [0, 0.1) is 22.2 Å². The van der Waals surface area contributed by atoms with Gasteiger partial charge in [-0.05, 0) is 18.3 Å². The van der Waals surface area contributed by atoms with Gasteiger partial charge in [-0.1, -0.05) is 48.5 Å². The highest BCUT2D eigenvalue weighted by atomic mass is 16.5. The van der Waals surface area contributed by atoms with Crippen LogP contribution in [-0.4, -0.2) is 78.6 Å². The van der Waals surface area contributed by atoms with Crippen LogP contribution in [0.1, 0.15) is 74.1 Å². The molecule has 1 N–H and O–H groups in total. The summed E-state index contributed by atoms with van der Waals surface area (Å²) in [7, 11) is 0. The fourth-order valence-electron chi connectivity index (χ4n) is 4.52. The lowest BCUT2D eigenvalue weighted by Gasteiger charge is -2.36. The number of ketones is 1. The third kappa shape index (κ3) is 9.68. The van der Waals surface area contributed by atoms with Crippen molar-refractivity contribution in [3.8, 4) is 0 Å². The van der Waals surface area contributed by atoms with Gasteiger partial charge in [0.1, 0.15) is 5.78 Å². The van der Waals surface area contributed by atoms with Crippen molar-refractivity contribution in [3.05, 3.63) is 12.2 Å². The Balaban J connectivity index is 1.68. The first kappa shape index (κ1) is 30.7. The van der Waals surface area contributed by atoms with Gasteiger partial charge < -0.3 is 15.0 Å². The van der Waals surface area contributed by atoms with E-state index in [0.717, 1.165) is 17.7 Å². The van der Waals surface area contributed by atoms with Crippen molar-refractivity contribution < 1.29 is 28.7 Å². The van der Waals surface area contributed by atoms with Crippen molar-refractivity contribution in [2.24, 2.45) is 22.2 Å². The predicted octanol–water partition coefficient (Wildman–Crippen LogP) is 2.73. The molecule has 4 amide bonds. The molecular formula is C28H45N3O6. The van der Waals surface area contributed by atoms with Gasteiger partial charge in [-0.25, -0.2) is 0 Å². The standard InChI is InChI=1S/C28H45N3O6/c1-26(2,3)25(36)20-10-13-30(14-11-20)24(35)16-27(4,5)18-37-19-28(6,7)17-29-21(32)12-15-31-22(33)8-9-23(31)34/h8-9,20H,10-19H2,1-7H3,(H,29,32). The minimum absolute atomic E-state index is 0.0327. The minimum atomic E-state index is -0.396. The van der Waals surface area contributed by atoms with Crippen LogP contribution in [0.5, 0.6) is 0 Å². The van der Waals surface area contributed by atoms with Gasteiger partial charge in [0.2, 0.25) is 11.8 Å². The zero-order chi connectivity index (χ0) is 28.0. The molecule has 1 saturated heterocycles. The third-order valence-corrected chi connectivity index (χ3v) is 6.80. The number of nitrogens with zero attached hydrogens (tertiary/aromatic N) is 2. The molecule has 2 rings (SSSR count). The van der Waals surface area contributed by atoms with Crippen LogP contribution >= 0.6 is 0 Å². The minimum Gasteiger partial charge on any atom is -0.380 e. The van der Waals surface area contributed by atoms with E-state index >= 15 is 0 Å². The molecule has 0 aliphatic carbocycles. The SMILES string of the molecule is CC(C)(CNC(=O)CCN1C(=O)C=CC1=O)COCC(C)(C)CC(=O)N1CCC(C(=O)C(C)(C)C)CC1. The number of carbonyl (C=O) groups excluding carboxylic acids is 5. The summed E-state index contributed by atoms with van der Waals surface area (Å²) < 4.78 is 5.97. The van der Waals surface area contributed by atoms with Crippen molar-refractivity contribution >= 4 is 29.4 Å². The third-order valence-electron chi connectivity index (χ3n) is 6.80. The van der Waals surface area contributed by atoms with Crippen LogP contribution in [0.25, 0.3) is 0 Å². The molecule has 1 fully saturated rings. The zero-order valence-electron chi connectivity index (χ0n) is 23.6. The molecule has 0 spiro atoms. The number of imide groups is 1. The van der Waals surface area contributed by atoms with E-state index < -0.39 is 11.8 Å². The Morgan fingerprint density at radius 1 is 0.919 bits per heavy atom. The molecule has 0 radical (unpaired) electrons. The summed E-state index contributed by atoms with van der Waals surface area (Å²) in [4.78, 5) is 63.7. The van der Waals surface area contributed by atoms with Crippen molar-refractivity contribution in [1.29, 1.82) is 0 Å². The van der Waals surface area contributed by atoms with Crippen LogP contribution in [0.15, 0.2) is 12.2 Å². The maximum absolute atomic E-state index is 12.9. The molecule has 0 aromatic carbocycles. The van der Waals surface area contributed by atoms with Gasteiger partial charge in [0, 0.05) is 67.9 Å². The Morgan fingerprint density at radius 3 is 2.00 bits per heavy atom. The molecule has 0 aromatic heterocycles. The first-order valence-corrected chi connectivity index (χ1v) is 13.2. The molecule has 0 atom stereocenters. The number of rotatable bonds is 12. The predicted molar refractivity (Wildman–Crippen MR) is 140 cm³/mol. The second-order valence-corrected chi connectivity index (χ2v) is 13.0. The number of nitrogens with one attached hydrogen (secondary N) is 1. The zero-order valence-corrected chi connectivity index (χ0v) is 23.6. The Hall–Kier alpha value is -2.55. The van der Waals surface area contributed by atoms with Gasteiger partial charge in [0.25, 0.3) is 11.8 Å². The summed E-state index contributed by atoms with van der Waals surface area (Å²) in [5.74, 6) is -0.626. The first-order valence-electron chi connectivity index (χ1n) is 13.2. The van der Waals surface area contributed by atoms with Crippen LogP contribution in [-0.2, 0) is 28.7 Å². The second-order valence-electron chi connectivity index (χ2n) is 13.0. The van der Waals surface area contributed by atoms with E-state index in [-0.39, 0.29) is 52.7 Å². The first-order chi connectivity index (χ1) is 17.0. The smallest absolute Gasteiger partial charge is 0.253 e. The average Bonchev–Trinajstić information content (AvgIpc) is 3.11. The van der Waals surface area contributed by atoms with Crippen molar-refractivity contribution in [2.45, 2.75) is 74.1 Å². The van der Waals surface area contributed by atoms with Crippen LogP contribution in [0.2, 0.25) is 0 Å². The highest BCUT2D eigenvalue weighted by Gasteiger charge is 2.34. The number of hydrogen-bond donors (Lipinski definition) is 1. The summed E-state index contributed by atoms with van der Waals surface area (Å²) >= 11 is 0. The van der Waals surface area contributed by atoms with Gasteiger partial charge in [-0.3, -0.25) is 28.9 Å². The molecule has 9 nitrogen and oxygen atoms in total. The summed E-state index contributed by atoms with van der Waals surface area (Å²) in [5.41, 5.74) is -1.03. The quantitative estimate of drug-likeness (QED) is 0.397. The second kappa shape index (κ2) is 12.3. The van der Waals surface area contributed by atoms with Crippen LogP contribution < -0.4 is 5.32 Å². The van der Waals surface area contributed by atoms with Gasteiger partial charge in [0.05, 0.1) is 13.2 Å². The number of likely N-dealkylation sites (tertiary alicyclic amines) is 1. The van der Waals surface area contributed by atoms with Gasteiger partial charge in [-0.2, -0.15) is 0 Å². The maximum atomic E-state index is 12.9. The number of Topliss-reactive ketones (excluding diaryl/α,β-unsaturated/α-hetero) is 1. The highest BCUT2D eigenvalue weighted by molar-refractivity contribution is 6.13. The van der Waals surface area contributed by atoms with Gasteiger partial charge in [0.15, 0.2) is 0 Å². The Labute approximate surface area is 221 Å². The Morgan fingerprint density at radius 2 is 1.46 bits per heavy atom. The molecule has 2 heterocycles. The van der Waals surface area contributed by atoms with E-state index in [1.54, 1.807) is 0 Å². The van der Waals surface area contributed by atoms with Crippen molar-refractivity contribution in [3.63, 3.8) is 0 Å². The number of hydrogen-bond acceptors (Lipinski definition) is 6. The van der Waals surface area contributed by atoms with E-state index in [1.165, 1.54) is 12.2 Å². The molecule has 2 aliphatic rings. The lowest BCUT2D eigenvalue weighted by Crippen LogP contribution is -2.44. The number of ether oxygens (including phenoxy) is 1. The van der Waals surface area contributed by atoms with E-state index in [2.05, 4.69) is 5.32 Å². The largest absolute Gasteiger partial charge is 0.380 e. The molecule has 0 bridgehead atoms. The van der Waals surface area contributed by atoms with E-state index in [1.807, 2.05) is 53.4 Å². The number of piperidine rings is 1. The number of amides is 4. The highest BCUT2D eigenvalue weighted by Crippen LogP contribution is 2.29. The van der Waals surface area contributed by atoms with Crippen molar-refractivity contribution in [1.82, 2.24) is 15.1 Å². The molecule has 208 valence electrons. The van der Waals surface area contributed by atoms with E-state index in [9.17, 15) is 24.0 Å². The van der Waals surface area contributed by atoms with Crippen molar-refractivity contribution in [2.75, 3.05) is 39.4 Å². The molecule has 2 aliphatic heterocycles. The lowest BCUT2D eigenvalue weighted by molar-refractivity contribution is -0.139. The monoisotopic (exact) mass is 519 g/mol. The Kier molecular flexibility index (Phi) is 10.2.